The molecule has 0 spiro atoms. The molecule has 2 aromatic rings. The summed E-state index contributed by atoms with van der Waals surface area (Å²) in [6, 6.07) is 16.3. The van der Waals surface area contributed by atoms with Crippen molar-refractivity contribution in [2.75, 3.05) is 6.54 Å². The van der Waals surface area contributed by atoms with Gasteiger partial charge in [-0.05, 0) is 54.0 Å². The molecule has 1 unspecified atom stereocenters. The van der Waals surface area contributed by atoms with Crippen LogP contribution in [0.4, 0.5) is 0 Å². The molecule has 2 aliphatic rings. The molecule has 27 heavy (non-hydrogen) atoms. The molecule has 0 radical (unpaired) electrons. The quantitative estimate of drug-likeness (QED) is 0.854. The van der Waals surface area contributed by atoms with Crippen LogP contribution in [-0.2, 0) is 11.8 Å². The van der Waals surface area contributed by atoms with E-state index in [2.05, 4.69) is 49.9 Å². The number of rotatable bonds is 2. The van der Waals surface area contributed by atoms with Gasteiger partial charge >= 0.3 is 0 Å². The molecule has 1 aliphatic carbocycles. The van der Waals surface area contributed by atoms with Gasteiger partial charge < -0.3 is 10.0 Å². The summed E-state index contributed by atoms with van der Waals surface area (Å²) in [7, 11) is 0. The molecule has 0 aromatic heterocycles. The average Bonchev–Trinajstić information content (AvgIpc) is 2.64. The monoisotopic (exact) mass is 363 g/mol. The van der Waals surface area contributed by atoms with Crippen molar-refractivity contribution in [1.82, 2.24) is 4.90 Å². The Hall–Kier alpha value is -2.13. The summed E-state index contributed by atoms with van der Waals surface area (Å²) in [5.41, 5.74) is 4.47. The van der Waals surface area contributed by atoms with E-state index in [1.165, 1.54) is 11.1 Å². The Morgan fingerprint density at radius 3 is 2.44 bits per heavy atom. The highest BCUT2D eigenvalue weighted by molar-refractivity contribution is 5.94. The molecule has 1 N–H and O–H groups in total. The fourth-order valence-electron chi connectivity index (χ4n) is 5.18. The van der Waals surface area contributed by atoms with Gasteiger partial charge in [-0.3, -0.25) is 4.79 Å². The number of likely N-dealkylation sites (tertiary alicyclic amines) is 1. The first-order valence-corrected chi connectivity index (χ1v) is 9.93. The van der Waals surface area contributed by atoms with E-state index in [0.29, 0.717) is 5.56 Å². The van der Waals surface area contributed by atoms with E-state index >= 15 is 0 Å². The summed E-state index contributed by atoms with van der Waals surface area (Å²) in [5.74, 6) is 0.103. The summed E-state index contributed by atoms with van der Waals surface area (Å²) < 4.78 is 0. The molecule has 3 heteroatoms. The van der Waals surface area contributed by atoms with Crippen molar-refractivity contribution in [2.24, 2.45) is 5.41 Å². The number of piperidine rings is 1. The number of nitrogens with zero attached hydrogens (tertiary/aromatic N) is 1. The highest BCUT2D eigenvalue weighted by Gasteiger charge is 2.56. The predicted octanol–water partition coefficient (Wildman–Crippen LogP) is 4.49. The van der Waals surface area contributed by atoms with E-state index in [-0.39, 0.29) is 22.8 Å². The molecule has 2 aromatic carbocycles. The SMILES string of the molecule is CC(O)c1ccc(C(=O)N2CC[C@@]3(C)c4ccccc4C[C@@H]2C3(C)C)cc1. The molecule has 2 bridgehead atoms. The Balaban J connectivity index is 1.70. The third-order valence-corrected chi connectivity index (χ3v) is 7.41. The molecular formula is C24H29NO2. The van der Waals surface area contributed by atoms with Gasteiger partial charge in [0.1, 0.15) is 0 Å². The Morgan fingerprint density at radius 2 is 1.78 bits per heavy atom. The van der Waals surface area contributed by atoms with Gasteiger partial charge in [-0.25, -0.2) is 0 Å². The van der Waals surface area contributed by atoms with Gasteiger partial charge in [-0.15, -0.1) is 0 Å². The van der Waals surface area contributed by atoms with Crippen molar-refractivity contribution < 1.29 is 9.90 Å². The zero-order chi connectivity index (χ0) is 19.4. The maximum Gasteiger partial charge on any atom is 0.254 e. The number of hydrogen-bond donors (Lipinski definition) is 1. The maximum atomic E-state index is 13.3. The van der Waals surface area contributed by atoms with Crippen molar-refractivity contribution in [3.05, 3.63) is 70.8 Å². The van der Waals surface area contributed by atoms with Crippen LogP contribution in [0.2, 0.25) is 0 Å². The van der Waals surface area contributed by atoms with Gasteiger partial charge in [0.15, 0.2) is 0 Å². The minimum Gasteiger partial charge on any atom is -0.389 e. The Morgan fingerprint density at radius 1 is 1.11 bits per heavy atom. The van der Waals surface area contributed by atoms with Crippen LogP contribution in [0.25, 0.3) is 0 Å². The fourth-order valence-corrected chi connectivity index (χ4v) is 5.18. The highest BCUT2D eigenvalue weighted by Crippen LogP contribution is 2.56. The van der Waals surface area contributed by atoms with Crippen LogP contribution >= 0.6 is 0 Å². The van der Waals surface area contributed by atoms with Gasteiger partial charge in [-0.1, -0.05) is 57.2 Å². The van der Waals surface area contributed by atoms with E-state index in [1.807, 2.05) is 24.3 Å². The second-order valence-electron chi connectivity index (χ2n) is 8.98. The smallest absolute Gasteiger partial charge is 0.254 e. The van der Waals surface area contributed by atoms with Crippen molar-refractivity contribution >= 4 is 5.91 Å². The Bertz CT molecular complexity index is 868. The molecule has 1 heterocycles. The first kappa shape index (κ1) is 18.2. The number of hydrogen-bond acceptors (Lipinski definition) is 2. The number of aliphatic hydroxyl groups excluding tert-OH is 1. The molecule has 3 atom stereocenters. The summed E-state index contributed by atoms with van der Waals surface area (Å²) in [4.78, 5) is 15.4. The Kier molecular flexibility index (Phi) is 4.19. The first-order chi connectivity index (χ1) is 12.8. The third-order valence-electron chi connectivity index (χ3n) is 7.41. The largest absolute Gasteiger partial charge is 0.389 e. The molecule has 1 saturated heterocycles. The summed E-state index contributed by atoms with van der Waals surface area (Å²) in [6.45, 7) is 9.55. The topological polar surface area (TPSA) is 40.5 Å². The van der Waals surface area contributed by atoms with Crippen LogP contribution in [0, 0.1) is 5.41 Å². The van der Waals surface area contributed by atoms with E-state index in [1.54, 1.807) is 6.92 Å². The van der Waals surface area contributed by atoms with Crippen molar-refractivity contribution in [3.63, 3.8) is 0 Å². The van der Waals surface area contributed by atoms with Crippen LogP contribution in [0.15, 0.2) is 48.5 Å². The van der Waals surface area contributed by atoms with Gasteiger partial charge in [-0.2, -0.15) is 0 Å². The first-order valence-electron chi connectivity index (χ1n) is 9.93. The van der Waals surface area contributed by atoms with Crippen molar-refractivity contribution in [1.29, 1.82) is 0 Å². The zero-order valence-electron chi connectivity index (χ0n) is 16.7. The molecule has 142 valence electrons. The third kappa shape index (κ3) is 2.63. The molecule has 1 amide bonds. The summed E-state index contributed by atoms with van der Waals surface area (Å²) in [6.07, 6.45) is 1.37. The highest BCUT2D eigenvalue weighted by atomic mass is 16.3. The summed E-state index contributed by atoms with van der Waals surface area (Å²) in [5, 5.41) is 9.71. The minimum atomic E-state index is -0.515. The molecule has 1 fully saturated rings. The maximum absolute atomic E-state index is 13.3. The van der Waals surface area contributed by atoms with Crippen molar-refractivity contribution in [3.8, 4) is 0 Å². The van der Waals surface area contributed by atoms with Crippen LogP contribution in [0.3, 0.4) is 0 Å². The number of amides is 1. The molecule has 3 nitrogen and oxygen atoms in total. The van der Waals surface area contributed by atoms with E-state index < -0.39 is 6.10 Å². The average molecular weight is 364 g/mol. The lowest BCUT2D eigenvalue weighted by Crippen LogP contribution is -2.64. The molecular weight excluding hydrogens is 334 g/mol. The predicted molar refractivity (Wildman–Crippen MR) is 108 cm³/mol. The normalized spacial score (nSPS) is 27.0. The van der Waals surface area contributed by atoms with Gasteiger partial charge in [0.05, 0.1) is 6.10 Å². The fraction of sp³-hybridized carbons (Fsp3) is 0.458. The summed E-state index contributed by atoms with van der Waals surface area (Å²) >= 11 is 0. The number of aliphatic hydroxyl groups is 1. The lowest BCUT2D eigenvalue weighted by molar-refractivity contribution is -0.0262. The molecule has 4 rings (SSSR count). The van der Waals surface area contributed by atoms with E-state index in [0.717, 1.165) is 24.9 Å². The van der Waals surface area contributed by atoms with Gasteiger partial charge in [0, 0.05) is 23.6 Å². The number of benzene rings is 2. The van der Waals surface area contributed by atoms with Gasteiger partial charge in [0.25, 0.3) is 5.91 Å². The molecule has 0 saturated carbocycles. The second-order valence-corrected chi connectivity index (χ2v) is 8.98. The van der Waals surface area contributed by atoms with Crippen molar-refractivity contribution in [2.45, 2.75) is 58.1 Å². The number of fused-ring (bicyclic) bond motifs is 4. The van der Waals surface area contributed by atoms with E-state index in [9.17, 15) is 9.90 Å². The zero-order valence-corrected chi connectivity index (χ0v) is 16.7. The second kappa shape index (κ2) is 6.20. The number of carbonyl (C=O) groups is 1. The lowest BCUT2D eigenvalue weighted by Gasteiger charge is -2.60. The van der Waals surface area contributed by atoms with E-state index in [4.69, 9.17) is 0 Å². The lowest BCUT2D eigenvalue weighted by atomic mass is 9.51. The van der Waals surface area contributed by atoms with Crippen LogP contribution < -0.4 is 0 Å². The van der Waals surface area contributed by atoms with Crippen LogP contribution in [-0.4, -0.2) is 28.5 Å². The Labute approximate surface area is 162 Å². The van der Waals surface area contributed by atoms with Crippen LogP contribution in [0.1, 0.15) is 67.3 Å². The minimum absolute atomic E-state index is 0.00875. The molecule has 1 aliphatic heterocycles. The number of carbonyl (C=O) groups excluding carboxylic acids is 1. The standard InChI is InChI=1S/C24H29NO2/c1-16(26)17-9-11-18(12-10-17)22(27)25-14-13-24(4)20-8-6-5-7-19(20)15-21(25)23(24,2)3/h5-12,16,21,26H,13-15H2,1-4H3/t16?,21-,24+/m1/s1. The van der Waals surface area contributed by atoms with Gasteiger partial charge in [0.2, 0.25) is 0 Å². The van der Waals surface area contributed by atoms with Crippen LogP contribution in [0.5, 0.6) is 0 Å².